The molecule has 31 heavy (non-hydrogen) atoms. The summed E-state index contributed by atoms with van der Waals surface area (Å²) < 4.78 is 18.9. The molecule has 5 nitrogen and oxygen atoms in total. The van der Waals surface area contributed by atoms with E-state index < -0.39 is 0 Å². The van der Waals surface area contributed by atoms with E-state index in [1.807, 2.05) is 36.4 Å². The third-order valence-electron chi connectivity index (χ3n) is 5.70. The molecule has 0 unspecified atom stereocenters. The summed E-state index contributed by atoms with van der Waals surface area (Å²) in [6, 6.07) is 23.4. The maximum atomic E-state index is 13.8. The third kappa shape index (κ3) is 3.77. The molecule has 0 saturated carbocycles. The van der Waals surface area contributed by atoms with Gasteiger partial charge in [0.2, 0.25) is 5.95 Å². The Morgan fingerprint density at radius 2 is 1.52 bits per heavy atom. The Kier molecular flexibility index (Phi) is 5.12. The lowest BCUT2D eigenvalue weighted by Gasteiger charge is -2.36. The van der Waals surface area contributed by atoms with E-state index in [9.17, 15) is 4.39 Å². The molecule has 1 fully saturated rings. The van der Waals surface area contributed by atoms with Crippen molar-refractivity contribution in [1.29, 1.82) is 0 Å². The van der Waals surface area contributed by atoms with Gasteiger partial charge >= 0.3 is 0 Å². The number of halogens is 1. The molecule has 1 aliphatic heterocycles. The summed E-state index contributed by atoms with van der Waals surface area (Å²) in [4.78, 5) is 14.3. The summed E-state index contributed by atoms with van der Waals surface area (Å²) in [5.41, 5.74) is 3.94. The molecule has 1 aliphatic rings. The summed E-state index contributed by atoms with van der Waals surface area (Å²) in [5.74, 6) is 0.669. The molecule has 0 amide bonds. The molecule has 4 aromatic rings. The molecule has 0 spiro atoms. The molecule has 3 aromatic carbocycles. The highest BCUT2D eigenvalue weighted by atomic mass is 19.1. The standard InChI is InChI=1S/C25H23FN4O/c1-31-23-17-19(11-12-21(23)26)29-13-15-30(16-14-29)25-27-22-10-6-5-9-20(22)24(28-25)18-7-3-2-4-8-18/h2-12,17H,13-16H2,1H3. The monoisotopic (exact) mass is 414 g/mol. The second-order valence-electron chi connectivity index (χ2n) is 7.55. The summed E-state index contributed by atoms with van der Waals surface area (Å²) >= 11 is 0. The van der Waals surface area contributed by atoms with Crippen LogP contribution in [0.2, 0.25) is 0 Å². The fraction of sp³-hybridized carbons (Fsp3) is 0.200. The van der Waals surface area contributed by atoms with Gasteiger partial charge in [0.25, 0.3) is 0 Å². The highest BCUT2D eigenvalue weighted by Crippen LogP contribution is 2.29. The molecule has 2 heterocycles. The van der Waals surface area contributed by atoms with Gasteiger partial charge in [0.15, 0.2) is 11.6 Å². The van der Waals surface area contributed by atoms with Crippen LogP contribution in [0.3, 0.4) is 0 Å². The van der Waals surface area contributed by atoms with E-state index >= 15 is 0 Å². The van der Waals surface area contributed by atoms with Crippen molar-refractivity contribution in [2.75, 3.05) is 43.1 Å². The van der Waals surface area contributed by atoms with Crippen LogP contribution in [0, 0.1) is 5.82 Å². The van der Waals surface area contributed by atoms with E-state index in [2.05, 4.69) is 28.0 Å². The molecular formula is C25H23FN4O. The van der Waals surface area contributed by atoms with Crippen molar-refractivity contribution in [1.82, 2.24) is 9.97 Å². The maximum absolute atomic E-state index is 13.8. The number of piperazine rings is 1. The highest BCUT2D eigenvalue weighted by molar-refractivity contribution is 5.93. The number of rotatable bonds is 4. The molecule has 0 bridgehead atoms. The van der Waals surface area contributed by atoms with Gasteiger partial charge in [0.05, 0.1) is 18.3 Å². The summed E-state index contributed by atoms with van der Waals surface area (Å²) in [7, 11) is 1.49. The molecule has 5 rings (SSSR count). The van der Waals surface area contributed by atoms with Gasteiger partial charge in [-0.3, -0.25) is 0 Å². The van der Waals surface area contributed by atoms with Gasteiger partial charge in [-0.05, 0) is 18.2 Å². The van der Waals surface area contributed by atoms with Gasteiger partial charge < -0.3 is 14.5 Å². The Morgan fingerprint density at radius 3 is 2.29 bits per heavy atom. The Bertz CT molecular complexity index is 1210. The second kappa shape index (κ2) is 8.22. The number of hydrogen-bond donors (Lipinski definition) is 0. The van der Waals surface area contributed by atoms with Crippen molar-refractivity contribution in [2.24, 2.45) is 0 Å². The first-order chi connectivity index (χ1) is 15.2. The number of benzene rings is 3. The number of hydrogen-bond acceptors (Lipinski definition) is 5. The highest BCUT2D eigenvalue weighted by Gasteiger charge is 2.21. The Balaban J connectivity index is 1.42. The largest absolute Gasteiger partial charge is 0.494 e. The van der Waals surface area contributed by atoms with Crippen molar-refractivity contribution < 1.29 is 9.13 Å². The molecule has 0 aliphatic carbocycles. The molecule has 1 saturated heterocycles. The van der Waals surface area contributed by atoms with Crippen LogP contribution in [-0.4, -0.2) is 43.3 Å². The van der Waals surface area contributed by atoms with Crippen molar-refractivity contribution >= 4 is 22.5 Å². The fourth-order valence-corrected chi connectivity index (χ4v) is 4.03. The predicted molar refractivity (Wildman–Crippen MR) is 122 cm³/mol. The van der Waals surface area contributed by atoms with E-state index in [-0.39, 0.29) is 11.6 Å². The van der Waals surface area contributed by atoms with Crippen LogP contribution in [-0.2, 0) is 0 Å². The average molecular weight is 414 g/mol. The van der Waals surface area contributed by atoms with Crippen molar-refractivity contribution in [3.8, 4) is 17.0 Å². The fourth-order valence-electron chi connectivity index (χ4n) is 4.03. The Hall–Kier alpha value is -3.67. The maximum Gasteiger partial charge on any atom is 0.226 e. The van der Waals surface area contributed by atoms with Crippen LogP contribution < -0.4 is 14.5 Å². The zero-order valence-corrected chi connectivity index (χ0v) is 17.3. The normalized spacial score (nSPS) is 14.1. The smallest absolute Gasteiger partial charge is 0.226 e. The van der Waals surface area contributed by atoms with Crippen molar-refractivity contribution in [2.45, 2.75) is 0 Å². The minimum atomic E-state index is -0.345. The summed E-state index contributed by atoms with van der Waals surface area (Å²) in [6.07, 6.45) is 0. The van der Waals surface area contributed by atoms with Gasteiger partial charge in [-0.2, -0.15) is 0 Å². The van der Waals surface area contributed by atoms with Gasteiger partial charge in [-0.15, -0.1) is 0 Å². The Morgan fingerprint density at radius 1 is 0.806 bits per heavy atom. The topological polar surface area (TPSA) is 41.5 Å². The molecule has 6 heteroatoms. The van der Waals surface area contributed by atoms with Crippen LogP contribution >= 0.6 is 0 Å². The van der Waals surface area contributed by atoms with E-state index in [1.165, 1.54) is 13.2 Å². The number of fused-ring (bicyclic) bond motifs is 1. The van der Waals surface area contributed by atoms with Gasteiger partial charge in [0.1, 0.15) is 0 Å². The van der Waals surface area contributed by atoms with Crippen LogP contribution in [0.4, 0.5) is 16.0 Å². The zero-order chi connectivity index (χ0) is 21.2. The third-order valence-corrected chi connectivity index (χ3v) is 5.70. The minimum Gasteiger partial charge on any atom is -0.494 e. The van der Waals surface area contributed by atoms with Crippen LogP contribution in [0.15, 0.2) is 72.8 Å². The van der Waals surface area contributed by atoms with E-state index in [0.717, 1.165) is 60.0 Å². The van der Waals surface area contributed by atoms with E-state index in [1.54, 1.807) is 12.1 Å². The minimum absolute atomic E-state index is 0.269. The molecule has 0 radical (unpaired) electrons. The molecule has 1 aromatic heterocycles. The van der Waals surface area contributed by atoms with Crippen molar-refractivity contribution in [3.05, 3.63) is 78.6 Å². The van der Waals surface area contributed by atoms with Gasteiger partial charge in [-0.1, -0.05) is 48.5 Å². The zero-order valence-electron chi connectivity index (χ0n) is 17.3. The van der Waals surface area contributed by atoms with Gasteiger partial charge in [-0.25, -0.2) is 14.4 Å². The second-order valence-corrected chi connectivity index (χ2v) is 7.55. The molecule has 156 valence electrons. The Labute approximate surface area is 180 Å². The number of methoxy groups -OCH3 is 1. The SMILES string of the molecule is COc1cc(N2CCN(c3nc(-c4ccccc4)c4ccccc4n3)CC2)ccc1F. The van der Waals surface area contributed by atoms with E-state index in [0.29, 0.717) is 0 Å². The van der Waals surface area contributed by atoms with Crippen LogP contribution in [0.5, 0.6) is 5.75 Å². The number of anilines is 2. The molecule has 0 atom stereocenters. The first-order valence-corrected chi connectivity index (χ1v) is 10.4. The number of para-hydroxylation sites is 1. The number of nitrogens with zero attached hydrogens (tertiary/aromatic N) is 4. The first-order valence-electron chi connectivity index (χ1n) is 10.4. The van der Waals surface area contributed by atoms with Crippen molar-refractivity contribution in [3.63, 3.8) is 0 Å². The lowest BCUT2D eigenvalue weighted by molar-refractivity contribution is 0.386. The lowest BCUT2D eigenvalue weighted by Crippen LogP contribution is -2.47. The molecule has 0 N–H and O–H groups in total. The van der Waals surface area contributed by atoms with Crippen LogP contribution in [0.1, 0.15) is 0 Å². The number of aromatic nitrogens is 2. The number of ether oxygens (including phenoxy) is 1. The summed E-state index contributed by atoms with van der Waals surface area (Å²) in [6.45, 7) is 3.16. The molecular weight excluding hydrogens is 391 g/mol. The average Bonchev–Trinajstić information content (AvgIpc) is 2.84. The van der Waals surface area contributed by atoms with E-state index in [4.69, 9.17) is 14.7 Å². The van der Waals surface area contributed by atoms with Crippen LogP contribution in [0.25, 0.3) is 22.2 Å². The predicted octanol–water partition coefficient (Wildman–Crippen LogP) is 4.77. The first kappa shape index (κ1) is 19.3. The van der Waals surface area contributed by atoms with Gasteiger partial charge in [0, 0.05) is 48.9 Å². The summed E-state index contributed by atoms with van der Waals surface area (Å²) in [5, 5.41) is 1.05. The quantitative estimate of drug-likeness (QED) is 0.481. The lowest BCUT2D eigenvalue weighted by atomic mass is 10.1.